The number of nitrogens with one attached hydrogen (secondary N) is 1. The second-order valence-electron chi connectivity index (χ2n) is 6.19. The number of aryl methyl sites for hydroxylation is 1. The third-order valence-corrected chi connectivity index (χ3v) is 4.96. The molecule has 1 amide bonds. The number of imidazole rings is 1. The fourth-order valence-corrected chi connectivity index (χ4v) is 3.44. The number of carbonyl (C=O) groups excluding carboxylic acids is 1. The number of amides is 1. The van der Waals surface area contributed by atoms with Crippen molar-refractivity contribution >= 4 is 22.9 Å². The molecule has 3 aromatic rings. The number of nitrogens with zero attached hydrogens (tertiary/aromatic N) is 2. The van der Waals surface area contributed by atoms with E-state index >= 15 is 0 Å². The zero-order valence-electron chi connectivity index (χ0n) is 14.8. The monoisotopic (exact) mass is 369 g/mol. The highest BCUT2D eigenvalue weighted by Crippen LogP contribution is 2.16. The van der Waals surface area contributed by atoms with Crippen LogP contribution in [0.4, 0.5) is 5.69 Å². The molecule has 3 rings (SSSR count). The molecule has 0 saturated carbocycles. The summed E-state index contributed by atoms with van der Waals surface area (Å²) in [6.07, 6.45) is 7.66. The molecule has 2 aromatic heterocycles. The lowest BCUT2D eigenvalue weighted by Crippen LogP contribution is -2.20. The van der Waals surface area contributed by atoms with Gasteiger partial charge < -0.3 is 14.6 Å². The zero-order valence-corrected chi connectivity index (χ0v) is 15.6. The molecule has 0 aliphatic heterocycles. The maximum absolute atomic E-state index is 11.1. The molecule has 1 unspecified atom stereocenters. The first-order valence-electron chi connectivity index (χ1n) is 8.65. The summed E-state index contributed by atoms with van der Waals surface area (Å²) >= 11 is 1.78. The van der Waals surface area contributed by atoms with Crippen LogP contribution in [0.5, 0.6) is 0 Å². The van der Waals surface area contributed by atoms with Crippen LogP contribution in [-0.2, 0) is 29.1 Å². The quantitative estimate of drug-likeness (QED) is 0.617. The molecular weight excluding hydrogens is 346 g/mol. The van der Waals surface area contributed by atoms with Crippen LogP contribution in [-0.4, -0.2) is 21.6 Å². The molecule has 0 fully saturated rings. The van der Waals surface area contributed by atoms with Gasteiger partial charge in [-0.3, -0.25) is 4.79 Å². The van der Waals surface area contributed by atoms with Gasteiger partial charge >= 0.3 is 0 Å². The Labute approximate surface area is 157 Å². The number of thiophene rings is 1. The number of benzene rings is 1. The Balaban J connectivity index is 1.56. The highest BCUT2D eigenvalue weighted by atomic mass is 32.1. The topological polar surface area (TPSA) is 56.1 Å². The van der Waals surface area contributed by atoms with Gasteiger partial charge in [0, 0.05) is 36.4 Å². The second kappa shape index (κ2) is 9.31. The molecule has 2 heterocycles. The minimum atomic E-state index is -0.0667. The van der Waals surface area contributed by atoms with E-state index in [0.717, 1.165) is 30.6 Å². The molecule has 0 bridgehead atoms. The number of rotatable bonds is 9. The van der Waals surface area contributed by atoms with E-state index in [1.54, 1.807) is 17.5 Å². The molecule has 1 atom stereocenters. The third kappa shape index (κ3) is 5.82. The number of anilines is 1. The molecule has 5 nitrogen and oxygen atoms in total. The lowest BCUT2D eigenvalue weighted by atomic mass is 10.1. The summed E-state index contributed by atoms with van der Waals surface area (Å²) in [7, 11) is 0. The molecule has 0 spiro atoms. The normalized spacial score (nSPS) is 12.0. The Morgan fingerprint density at radius 1 is 1.31 bits per heavy atom. The van der Waals surface area contributed by atoms with Gasteiger partial charge in [-0.15, -0.1) is 11.3 Å². The molecular formula is C20H23N3O2S. The van der Waals surface area contributed by atoms with Crippen molar-refractivity contribution in [1.82, 2.24) is 9.55 Å². The fourth-order valence-electron chi connectivity index (χ4n) is 2.72. The van der Waals surface area contributed by atoms with Crippen LogP contribution in [0.25, 0.3) is 0 Å². The van der Waals surface area contributed by atoms with Crippen LogP contribution in [0.15, 0.2) is 60.5 Å². The first-order valence-corrected chi connectivity index (χ1v) is 9.53. The molecule has 6 heteroatoms. The standard InChI is InChI=1S/C20H23N3O2S/c1-16(24)22-18-6-4-17(5-7-18)14-25-19(13-23-11-10-21-15-23)8-9-20-3-2-12-26-20/h2-7,10-12,15,19H,8-9,13-14H2,1H3,(H,22,24). The van der Waals surface area contributed by atoms with E-state index in [-0.39, 0.29) is 12.0 Å². The van der Waals surface area contributed by atoms with Crippen molar-refractivity contribution in [2.45, 2.75) is 39.0 Å². The summed E-state index contributed by atoms with van der Waals surface area (Å²) in [6, 6.07) is 12.0. The first kappa shape index (κ1) is 18.4. The Morgan fingerprint density at radius 2 is 2.15 bits per heavy atom. The summed E-state index contributed by atoms with van der Waals surface area (Å²) in [6.45, 7) is 2.84. The van der Waals surface area contributed by atoms with Crippen LogP contribution in [0.1, 0.15) is 23.8 Å². The summed E-state index contributed by atoms with van der Waals surface area (Å²) in [5.74, 6) is -0.0667. The van der Waals surface area contributed by atoms with Gasteiger partial charge in [-0.25, -0.2) is 4.98 Å². The first-order chi connectivity index (χ1) is 12.7. The number of aromatic nitrogens is 2. The highest BCUT2D eigenvalue weighted by molar-refractivity contribution is 7.09. The molecule has 1 N–H and O–H groups in total. The van der Waals surface area contributed by atoms with Crippen molar-refractivity contribution in [2.24, 2.45) is 0 Å². The van der Waals surface area contributed by atoms with E-state index in [1.165, 1.54) is 11.8 Å². The predicted molar refractivity (Wildman–Crippen MR) is 104 cm³/mol. The average Bonchev–Trinajstić information content (AvgIpc) is 3.32. The van der Waals surface area contributed by atoms with E-state index in [4.69, 9.17) is 4.74 Å². The summed E-state index contributed by atoms with van der Waals surface area (Å²) < 4.78 is 8.24. The number of hydrogen-bond donors (Lipinski definition) is 1. The van der Waals surface area contributed by atoms with Gasteiger partial charge in [0.2, 0.25) is 5.91 Å². The SMILES string of the molecule is CC(=O)Nc1ccc(COC(CCc2cccs2)Cn2ccnc2)cc1. The van der Waals surface area contributed by atoms with Crippen LogP contribution in [0.3, 0.4) is 0 Å². The van der Waals surface area contributed by atoms with Crippen molar-refractivity contribution in [3.8, 4) is 0 Å². The predicted octanol–water partition coefficient (Wildman–Crippen LogP) is 4.12. The fraction of sp³-hybridized carbons (Fsp3) is 0.300. The third-order valence-electron chi connectivity index (χ3n) is 4.03. The van der Waals surface area contributed by atoms with Crippen molar-refractivity contribution in [1.29, 1.82) is 0 Å². The van der Waals surface area contributed by atoms with Gasteiger partial charge in [-0.2, -0.15) is 0 Å². The van der Waals surface area contributed by atoms with Gasteiger partial charge in [0.1, 0.15) is 0 Å². The number of hydrogen-bond acceptors (Lipinski definition) is 4. The summed E-state index contributed by atoms with van der Waals surface area (Å²) in [5, 5.41) is 4.88. The van der Waals surface area contributed by atoms with Crippen molar-refractivity contribution in [2.75, 3.05) is 5.32 Å². The van der Waals surface area contributed by atoms with Gasteiger partial charge in [0.05, 0.1) is 19.0 Å². The summed E-state index contributed by atoms with van der Waals surface area (Å²) in [4.78, 5) is 16.6. The zero-order chi connectivity index (χ0) is 18.2. The van der Waals surface area contributed by atoms with Crippen LogP contribution < -0.4 is 5.32 Å². The second-order valence-corrected chi connectivity index (χ2v) is 7.22. The average molecular weight is 369 g/mol. The Hall–Kier alpha value is -2.44. The van der Waals surface area contributed by atoms with Gasteiger partial charge in [0.15, 0.2) is 0 Å². The molecule has 136 valence electrons. The maximum atomic E-state index is 11.1. The lowest BCUT2D eigenvalue weighted by Gasteiger charge is -2.18. The molecule has 26 heavy (non-hydrogen) atoms. The van der Waals surface area contributed by atoms with Gasteiger partial charge in [-0.1, -0.05) is 18.2 Å². The Kier molecular flexibility index (Phi) is 6.57. The van der Waals surface area contributed by atoms with Crippen LogP contribution >= 0.6 is 11.3 Å². The van der Waals surface area contributed by atoms with Crippen LogP contribution in [0, 0.1) is 0 Å². The minimum Gasteiger partial charge on any atom is -0.372 e. The van der Waals surface area contributed by atoms with E-state index in [0.29, 0.717) is 6.61 Å². The number of carbonyl (C=O) groups is 1. The molecule has 0 aliphatic carbocycles. The van der Waals surface area contributed by atoms with Crippen molar-refractivity contribution in [3.63, 3.8) is 0 Å². The van der Waals surface area contributed by atoms with Crippen molar-refractivity contribution < 1.29 is 9.53 Å². The van der Waals surface area contributed by atoms with E-state index in [1.807, 2.05) is 36.8 Å². The lowest BCUT2D eigenvalue weighted by molar-refractivity contribution is -0.114. The van der Waals surface area contributed by atoms with Gasteiger partial charge in [-0.05, 0) is 42.0 Å². The Morgan fingerprint density at radius 3 is 2.81 bits per heavy atom. The number of ether oxygens (including phenoxy) is 1. The minimum absolute atomic E-state index is 0.0667. The highest BCUT2D eigenvalue weighted by Gasteiger charge is 2.11. The largest absolute Gasteiger partial charge is 0.372 e. The maximum Gasteiger partial charge on any atom is 0.221 e. The van der Waals surface area contributed by atoms with Gasteiger partial charge in [0.25, 0.3) is 0 Å². The molecule has 1 aromatic carbocycles. The van der Waals surface area contributed by atoms with E-state index < -0.39 is 0 Å². The van der Waals surface area contributed by atoms with E-state index in [9.17, 15) is 4.79 Å². The van der Waals surface area contributed by atoms with Crippen molar-refractivity contribution in [3.05, 3.63) is 70.9 Å². The summed E-state index contributed by atoms with van der Waals surface area (Å²) in [5.41, 5.74) is 1.89. The molecule has 0 radical (unpaired) electrons. The van der Waals surface area contributed by atoms with E-state index in [2.05, 4.69) is 32.4 Å². The molecule has 0 saturated heterocycles. The smallest absolute Gasteiger partial charge is 0.221 e. The van der Waals surface area contributed by atoms with Crippen LogP contribution in [0.2, 0.25) is 0 Å². The Bertz CT molecular complexity index is 783. The molecule has 0 aliphatic rings.